The number of hydrogen-bond donors (Lipinski definition) is 0. The van der Waals surface area contributed by atoms with Crippen molar-refractivity contribution in [3.05, 3.63) is 105 Å². The van der Waals surface area contributed by atoms with E-state index in [4.69, 9.17) is 33.2 Å². The zero-order chi connectivity index (χ0) is 31.2. The largest absolute Gasteiger partial charge is 0.272 e. The average Bonchev–Trinajstić information content (AvgIpc) is 3.83. The van der Waals surface area contributed by atoms with Gasteiger partial charge in [-0.15, -0.1) is 22.7 Å². The summed E-state index contributed by atoms with van der Waals surface area (Å²) in [5.74, 6) is -2.42. The highest BCUT2D eigenvalue weighted by Crippen LogP contribution is 2.44. The van der Waals surface area contributed by atoms with Crippen LogP contribution in [0.2, 0.25) is 10.0 Å². The van der Waals surface area contributed by atoms with Gasteiger partial charge >= 0.3 is 0 Å². The molecule has 0 radical (unpaired) electrons. The third kappa shape index (κ3) is 5.48. The van der Waals surface area contributed by atoms with Gasteiger partial charge in [0.25, 0.3) is 11.8 Å². The number of aromatic nitrogens is 2. The molecular weight excluding hydrogens is 647 g/mol. The molecule has 0 saturated carbocycles. The van der Waals surface area contributed by atoms with E-state index < -0.39 is 17.8 Å². The Hall–Kier alpha value is -4.22. The van der Waals surface area contributed by atoms with E-state index in [9.17, 15) is 9.59 Å². The highest BCUT2D eigenvalue weighted by atomic mass is 35.5. The minimum atomic E-state index is -0.699. The Bertz CT molecular complexity index is 1850. The van der Waals surface area contributed by atoms with Gasteiger partial charge in [-0.25, -0.2) is 9.97 Å². The smallest absolute Gasteiger partial charge is 0.259 e. The Morgan fingerprint density at radius 1 is 0.644 bits per heavy atom. The van der Waals surface area contributed by atoms with E-state index in [0.717, 1.165) is 28.1 Å². The van der Waals surface area contributed by atoms with Crippen molar-refractivity contribution in [1.29, 1.82) is 0 Å². The summed E-state index contributed by atoms with van der Waals surface area (Å²) in [6.07, 6.45) is 0. The number of carbonyl (C=O) groups is 2. The molecule has 0 bridgehead atoms. The van der Waals surface area contributed by atoms with E-state index in [0.29, 0.717) is 31.7 Å². The molecule has 2 aromatic heterocycles. The van der Waals surface area contributed by atoms with Gasteiger partial charge in [-0.2, -0.15) is 20.2 Å². The first kappa shape index (κ1) is 29.5. The van der Waals surface area contributed by atoms with Gasteiger partial charge in [0.1, 0.15) is 0 Å². The number of carbonyl (C=O) groups excluding carboxylic acids is 2. The molecule has 0 N–H and O–H groups in total. The van der Waals surface area contributed by atoms with Crippen LogP contribution in [0.1, 0.15) is 25.3 Å². The van der Waals surface area contributed by atoms with E-state index in [-0.39, 0.29) is 11.8 Å². The molecule has 0 fully saturated rings. The standard InChI is InChI=1S/C33H24Cl2N6O2S2/c1-18-27(30(42)40(38-18)32-36-25(16-44-32)20-8-12-23(34)13-9-20)29(22-6-4-3-5-7-22)28-19(2)39-41(31(28)43)33-37-26(17-45-33)21-10-14-24(35)15-11-21/h3-17,27-29H,1-2H3. The number of anilines is 2. The zero-order valence-corrected chi connectivity index (χ0v) is 27.1. The second kappa shape index (κ2) is 11.9. The molecule has 224 valence electrons. The highest BCUT2D eigenvalue weighted by molar-refractivity contribution is 7.14. The van der Waals surface area contributed by atoms with Gasteiger partial charge in [0.15, 0.2) is 0 Å². The molecular formula is C33H24Cl2N6O2S2. The summed E-state index contributed by atoms with van der Waals surface area (Å²) in [6, 6.07) is 24.4. The monoisotopic (exact) mass is 670 g/mol. The van der Waals surface area contributed by atoms with Crippen LogP contribution >= 0.6 is 45.9 Å². The summed E-state index contributed by atoms with van der Waals surface area (Å²) in [6.45, 7) is 3.66. The first-order valence-electron chi connectivity index (χ1n) is 14.0. The number of amides is 2. The fourth-order valence-corrected chi connectivity index (χ4v) is 7.57. The van der Waals surface area contributed by atoms with Crippen LogP contribution < -0.4 is 10.0 Å². The van der Waals surface area contributed by atoms with Crippen molar-refractivity contribution in [2.45, 2.75) is 19.8 Å². The van der Waals surface area contributed by atoms with Crippen molar-refractivity contribution in [2.75, 3.05) is 10.0 Å². The minimum absolute atomic E-state index is 0.239. The zero-order valence-electron chi connectivity index (χ0n) is 24.0. The lowest BCUT2D eigenvalue weighted by molar-refractivity contribution is -0.122. The maximum absolute atomic E-state index is 14.2. The molecule has 2 amide bonds. The van der Waals surface area contributed by atoms with E-state index in [1.807, 2.05) is 79.2 Å². The SMILES string of the molecule is CC1=NN(c2nc(-c3ccc(Cl)cc3)cs2)C(=O)C1C(c1ccccc1)C1C(=O)N(c2nc(-c3ccc(Cl)cc3)cs2)N=C1C. The Morgan fingerprint density at radius 3 is 1.49 bits per heavy atom. The first-order chi connectivity index (χ1) is 21.8. The molecule has 8 nitrogen and oxygen atoms in total. The minimum Gasteiger partial charge on any atom is -0.272 e. The normalized spacial score (nSPS) is 18.8. The van der Waals surface area contributed by atoms with E-state index in [2.05, 4.69) is 10.2 Å². The van der Waals surface area contributed by atoms with Crippen LogP contribution in [0.3, 0.4) is 0 Å². The third-order valence-corrected chi connectivity index (χ3v) is 10.0. The number of hydrazone groups is 2. The summed E-state index contributed by atoms with van der Waals surface area (Å²) >= 11 is 14.8. The fourth-order valence-electron chi connectivity index (χ4n) is 5.74. The number of halogens is 2. The van der Waals surface area contributed by atoms with Crippen molar-refractivity contribution in [1.82, 2.24) is 9.97 Å². The van der Waals surface area contributed by atoms with E-state index in [1.54, 1.807) is 24.3 Å². The van der Waals surface area contributed by atoms with Gasteiger partial charge in [-0.05, 0) is 43.7 Å². The second-order valence-corrected chi connectivity index (χ2v) is 13.3. The summed E-state index contributed by atoms with van der Waals surface area (Å²) < 4.78 is 0. The van der Waals surface area contributed by atoms with Gasteiger partial charge in [0.2, 0.25) is 10.3 Å². The lowest BCUT2D eigenvalue weighted by Gasteiger charge is -2.28. The molecule has 2 unspecified atom stereocenters. The first-order valence-corrected chi connectivity index (χ1v) is 16.6. The Morgan fingerprint density at radius 2 is 1.07 bits per heavy atom. The quantitative estimate of drug-likeness (QED) is 0.174. The van der Waals surface area contributed by atoms with E-state index in [1.165, 1.54) is 32.7 Å². The van der Waals surface area contributed by atoms with Crippen molar-refractivity contribution in [2.24, 2.45) is 22.0 Å². The third-order valence-electron chi connectivity index (χ3n) is 7.89. The molecule has 2 atom stereocenters. The fraction of sp³-hybridized carbons (Fsp3) is 0.152. The molecule has 0 spiro atoms. The van der Waals surface area contributed by atoms with Crippen LogP contribution in [-0.4, -0.2) is 33.2 Å². The van der Waals surface area contributed by atoms with Gasteiger partial charge in [-0.3, -0.25) is 9.59 Å². The molecule has 45 heavy (non-hydrogen) atoms. The molecule has 2 aliphatic rings. The summed E-state index contributed by atoms with van der Waals surface area (Å²) in [7, 11) is 0. The topological polar surface area (TPSA) is 91.1 Å². The van der Waals surface area contributed by atoms with Crippen LogP contribution in [0.5, 0.6) is 0 Å². The van der Waals surface area contributed by atoms with Crippen molar-refractivity contribution in [3.63, 3.8) is 0 Å². The number of benzene rings is 3. The predicted octanol–water partition coefficient (Wildman–Crippen LogP) is 8.40. The van der Waals surface area contributed by atoms with Crippen molar-refractivity contribution in [3.8, 4) is 22.5 Å². The summed E-state index contributed by atoms with van der Waals surface area (Å²) in [5.41, 5.74) is 5.29. The van der Waals surface area contributed by atoms with Crippen LogP contribution in [0, 0.1) is 11.8 Å². The lowest BCUT2D eigenvalue weighted by Crippen LogP contribution is -2.40. The lowest BCUT2D eigenvalue weighted by atomic mass is 9.73. The molecule has 7 rings (SSSR count). The van der Waals surface area contributed by atoms with Gasteiger partial charge < -0.3 is 0 Å². The Kier molecular flexibility index (Phi) is 7.83. The predicted molar refractivity (Wildman–Crippen MR) is 182 cm³/mol. The maximum atomic E-state index is 14.2. The number of rotatable bonds is 7. The van der Waals surface area contributed by atoms with Crippen LogP contribution in [0.15, 0.2) is 99.8 Å². The number of thiazole rings is 2. The number of nitrogens with zero attached hydrogens (tertiary/aromatic N) is 6. The molecule has 3 aromatic carbocycles. The van der Waals surface area contributed by atoms with Crippen LogP contribution in [0.4, 0.5) is 10.3 Å². The van der Waals surface area contributed by atoms with Crippen molar-refractivity contribution >= 4 is 79.4 Å². The summed E-state index contributed by atoms with van der Waals surface area (Å²) in [4.78, 5) is 37.8. The second-order valence-electron chi connectivity index (χ2n) is 10.7. The molecule has 2 aliphatic heterocycles. The molecule has 5 aromatic rings. The number of hydrogen-bond acceptors (Lipinski definition) is 8. The molecule has 0 aliphatic carbocycles. The molecule has 12 heteroatoms. The molecule has 0 saturated heterocycles. The summed E-state index contributed by atoms with van der Waals surface area (Å²) in [5, 5.41) is 18.0. The Labute approximate surface area is 277 Å². The van der Waals surface area contributed by atoms with Gasteiger partial charge in [0.05, 0.1) is 23.2 Å². The van der Waals surface area contributed by atoms with Crippen LogP contribution in [-0.2, 0) is 9.59 Å². The van der Waals surface area contributed by atoms with Gasteiger partial charge in [0, 0.05) is 49.3 Å². The van der Waals surface area contributed by atoms with E-state index >= 15 is 0 Å². The van der Waals surface area contributed by atoms with Crippen molar-refractivity contribution < 1.29 is 9.59 Å². The Balaban J connectivity index is 1.20. The van der Waals surface area contributed by atoms with Crippen LogP contribution in [0.25, 0.3) is 22.5 Å². The molecule has 4 heterocycles. The van der Waals surface area contributed by atoms with Gasteiger partial charge in [-0.1, -0.05) is 77.8 Å². The average molecular weight is 672 g/mol. The maximum Gasteiger partial charge on any atom is 0.259 e. The highest BCUT2D eigenvalue weighted by Gasteiger charge is 2.50.